The highest BCUT2D eigenvalue weighted by Crippen LogP contribution is 2.36. The number of aryl methyl sites for hydroxylation is 1. The maximum Gasteiger partial charge on any atom is 0.124 e. The molecule has 0 radical (unpaired) electrons. The molecule has 0 spiro atoms. The summed E-state index contributed by atoms with van der Waals surface area (Å²) in [5.74, 6) is 0.926. The zero-order valence-corrected chi connectivity index (χ0v) is 13.3. The fraction of sp³-hybridized carbons (Fsp3) is 0.222. The number of fused-ring (bicyclic) bond motifs is 1. The van der Waals surface area contributed by atoms with Crippen LogP contribution in [0.1, 0.15) is 22.7 Å². The van der Waals surface area contributed by atoms with Crippen molar-refractivity contribution in [3.63, 3.8) is 0 Å². The van der Waals surface area contributed by atoms with Crippen LogP contribution in [0.5, 0.6) is 5.75 Å². The molecule has 2 aromatic carbocycles. The second-order valence-electron chi connectivity index (χ2n) is 5.15. The second-order valence-corrected chi connectivity index (χ2v) is 6.07. The first-order valence-corrected chi connectivity index (χ1v) is 7.90. The van der Waals surface area contributed by atoms with Crippen LogP contribution in [0.15, 0.2) is 47.8 Å². The van der Waals surface area contributed by atoms with Crippen LogP contribution in [-0.4, -0.2) is 14.2 Å². The van der Waals surface area contributed by atoms with E-state index in [-0.39, 0.29) is 6.04 Å². The number of nitrogens with one attached hydrogen (secondary N) is 1. The first kappa shape index (κ1) is 14.1. The van der Waals surface area contributed by atoms with Crippen molar-refractivity contribution in [1.29, 1.82) is 0 Å². The minimum Gasteiger partial charge on any atom is -0.496 e. The molecule has 108 valence electrons. The topological polar surface area (TPSA) is 21.3 Å². The summed E-state index contributed by atoms with van der Waals surface area (Å²) in [6.07, 6.45) is 0. The van der Waals surface area contributed by atoms with Gasteiger partial charge in [-0.3, -0.25) is 0 Å². The lowest BCUT2D eigenvalue weighted by Gasteiger charge is -2.20. The SMILES string of the molecule is CNC(c1cc(C)ccc1OC)c1csc2ccccc12. The Morgan fingerprint density at radius 2 is 1.90 bits per heavy atom. The second kappa shape index (κ2) is 5.88. The van der Waals surface area contributed by atoms with Crippen molar-refractivity contribution >= 4 is 21.4 Å². The number of benzene rings is 2. The zero-order valence-electron chi connectivity index (χ0n) is 12.5. The number of ether oxygens (including phenoxy) is 1. The van der Waals surface area contributed by atoms with Crippen LogP contribution in [0.4, 0.5) is 0 Å². The van der Waals surface area contributed by atoms with Crippen molar-refractivity contribution in [3.8, 4) is 5.75 Å². The summed E-state index contributed by atoms with van der Waals surface area (Å²) in [6, 6.07) is 15.0. The lowest BCUT2D eigenvalue weighted by Crippen LogP contribution is -2.18. The van der Waals surface area contributed by atoms with Gasteiger partial charge >= 0.3 is 0 Å². The van der Waals surface area contributed by atoms with Crippen LogP contribution in [0.2, 0.25) is 0 Å². The van der Waals surface area contributed by atoms with Gasteiger partial charge in [0.2, 0.25) is 0 Å². The summed E-state index contributed by atoms with van der Waals surface area (Å²) in [7, 11) is 3.73. The van der Waals surface area contributed by atoms with E-state index in [0.717, 1.165) is 5.75 Å². The van der Waals surface area contributed by atoms with E-state index in [1.807, 2.05) is 13.1 Å². The van der Waals surface area contributed by atoms with Gasteiger partial charge in [0, 0.05) is 10.3 Å². The Hall–Kier alpha value is -1.84. The monoisotopic (exact) mass is 297 g/mol. The van der Waals surface area contributed by atoms with Crippen LogP contribution in [0.25, 0.3) is 10.1 Å². The van der Waals surface area contributed by atoms with Gasteiger partial charge < -0.3 is 10.1 Å². The van der Waals surface area contributed by atoms with Gasteiger partial charge in [-0.15, -0.1) is 11.3 Å². The smallest absolute Gasteiger partial charge is 0.124 e. The highest BCUT2D eigenvalue weighted by molar-refractivity contribution is 7.17. The molecular formula is C18H19NOS. The fourth-order valence-corrected chi connectivity index (χ4v) is 3.77. The van der Waals surface area contributed by atoms with Gasteiger partial charge in [0.15, 0.2) is 0 Å². The predicted octanol–water partition coefficient (Wildman–Crippen LogP) is 4.53. The van der Waals surface area contributed by atoms with Crippen LogP contribution >= 0.6 is 11.3 Å². The molecule has 3 aromatic rings. The van der Waals surface area contributed by atoms with Gasteiger partial charge in [0.05, 0.1) is 13.2 Å². The first-order chi connectivity index (χ1) is 10.2. The van der Waals surface area contributed by atoms with Crippen molar-refractivity contribution in [2.75, 3.05) is 14.2 Å². The molecule has 1 unspecified atom stereocenters. The lowest BCUT2D eigenvalue weighted by molar-refractivity contribution is 0.405. The van der Waals surface area contributed by atoms with Crippen molar-refractivity contribution in [3.05, 3.63) is 64.5 Å². The van der Waals surface area contributed by atoms with Gasteiger partial charge in [-0.05, 0) is 42.4 Å². The largest absolute Gasteiger partial charge is 0.496 e. The van der Waals surface area contributed by atoms with E-state index < -0.39 is 0 Å². The molecule has 0 aliphatic heterocycles. The molecule has 1 heterocycles. The van der Waals surface area contributed by atoms with E-state index in [1.165, 1.54) is 26.8 Å². The fourth-order valence-electron chi connectivity index (χ4n) is 2.78. The maximum atomic E-state index is 5.56. The van der Waals surface area contributed by atoms with E-state index in [0.29, 0.717) is 0 Å². The van der Waals surface area contributed by atoms with Gasteiger partial charge in [-0.25, -0.2) is 0 Å². The van der Waals surface area contributed by atoms with Gasteiger partial charge in [-0.2, -0.15) is 0 Å². The minimum atomic E-state index is 0.135. The summed E-state index contributed by atoms with van der Waals surface area (Å²) in [5.41, 5.74) is 3.73. The number of rotatable bonds is 4. The summed E-state index contributed by atoms with van der Waals surface area (Å²) in [4.78, 5) is 0. The molecule has 0 bridgehead atoms. The molecule has 0 saturated heterocycles. The third-order valence-electron chi connectivity index (χ3n) is 3.81. The van der Waals surface area contributed by atoms with Crippen molar-refractivity contribution in [2.24, 2.45) is 0 Å². The van der Waals surface area contributed by atoms with Crippen molar-refractivity contribution < 1.29 is 4.74 Å². The Morgan fingerprint density at radius 3 is 2.67 bits per heavy atom. The number of hydrogen-bond acceptors (Lipinski definition) is 3. The molecule has 0 aliphatic carbocycles. The van der Waals surface area contributed by atoms with Crippen molar-refractivity contribution in [2.45, 2.75) is 13.0 Å². The molecule has 0 aliphatic rings. The molecular weight excluding hydrogens is 278 g/mol. The summed E-state index contributed by atoms with van der Waals surface area (Å²) < 4.78 is 6.88. The number of hydrogen-bond donors (Lipinski definition) is 1. The highest BCUT2D eigenvalue weighted by Gasteiger charge is 2.19. The normalized spacial score (nSPS) is 12.5. The molecule has 1 N–H and O–H groups in total. The third-order valence-corrected chi connectivity index (χ3v) is 4.79. The van der Waals surface area contributed by atoms with Gasteiger partial charge in [-0.1, -0.05) is 35.9 Å². The molecule has 2 nitrogen and oxygen atoms in total. The quantitative estimate of drug-likeness (QED) is 0.764. The average molecular weight is 297 g/mol. The number of methoxy groups -OCH3 is 1. The third kappa shape index (κ3) is 2.55. The summed E-state index contributed by atoms with van der Waals surface area (Å²) in [5, 5.41) is 7.00. The van der Waals surface area contributed by atoms with E-state index in [9.17, 15) is 0 Å². The Kier molecular flexibility index (Phi) is 3.95. The van der Waals surface area contributed by atoms with E-state index in [4.69, 9.17) is 4.74 Å². The molecule has 3 heteroatoms. The Morgan fingerprint density at radius 1 is 1.10 bits per heavy atom. The van der Waals surface area contributed by atoms with Crippen LogP contribution in [0.3, 0.4) is 0 Å². The first-order valence-electron chi connectivity index (χ1n) is 7.02. The van der Waals surface area contributed by atoms with E-state index >= 15 is 0 Å². The average Bonchev–Trinajstić information content (AvgIpc) is 2.93. The summed E-state index contributed by atoms with van der Waals surface area (Å²) >= 11 is 1.79. The summed E-state index contributed by atoms with van der Waals surface area (Å²) in [6.45, 7) is 2.11. The molecule has 1 aromatic heterocycles. The molecule has 0 fully saturated rings. The van der Waals surface area contributed by atoms with Gasteiger partial charge in [0.25, 0.3) is 0 Å². The standard InChI is InChI=1S/C18H19NOS/c1-12-8-9-16(20-3)14(10-12)18(19-2)15-11-21-17-7-5-4-6-13(15)17/h4-11,18-19H,1-3H3. The zero-order chi connectivity index (χ0) is 14.8. The van der Waals surface area contributed by atoms with Crippen molar-refractivity contribution in [1.82, 2.24) is 5.32 Å². The Balaban J connectivity index is 2.16. The molecule has 1 atom stereocenters. The molecule has 21 heavy (non-hydrogen) atoms. The molecule has 3 rings (SSSR count). The van der Waals surface area contributed by atoms with Crippen LogP contribution in [0, 0.1) is 6.92 Å². The van der Waals surface area contributed by atoms with E-state index in [1.54, 1.807) is 18.4 Å². The molecule has 0 amide bonds. The minimum absolute atomic E-state index is 0.135. The van der Waals surface area contributed by atoms with Crippen LogP contribution < -0.4 is 10.1 Å². The maximum absolute atomic E-state index is 5.56. The van der Waals surface area contributed by atoms with Crippen LogP contribution in [-0.2, 0) is 0 Å². The van der Waals surface area contributed by atoms with E-state index in [2.05, 4.69) is 54.0 Å². The highest BCUT2D eigenvalue weighted by atomic mass is 32.1. The predicted molar refractivity (Wildman–Crippen MR) is 90.5 cm³/mol. The Bertz CT molecular complexity index is 763. The number of thiophene rings is 1. The van der Waals surface area contributed by atoms with Gasteiger partial charge in [0.1, 0.15) is 5.75 Å². The lowest BCUT2D eigenvalue weighted by atomic mass is 9.96. The Labute approximate surface area is 129 Å². The molecule has 0 saturated carbocycles.